The van der Waals surface area contributed by atoms with Crippen LogP contribution in [0.4, 0.5) is 0 Å². The van der Waals surface area contributed by atoms with Gasteiger partial charge in [0.25, 0.3) is 0 Å². The molecule has 0 aliphatic heterocycles. The Labute approximate surface area is 122 Å². The van der Waals surface area contributed by atoms with Gasteiger partial charge in [0.2, 0.25) is 5.91 Å². The highest BCUT2D eigenvalue weighted by molar-refractivity contribution is 7.11. The molecular weight excluding hydrogens is 276 g/mol. The Hall–Kier alpha value is -1.43. The quantitative estimate of drug-likeness (QED) is 0.844. The number of ether oxygens (including phenoxy) is 1. The molecule has 1 amide bonds. The minimum Gasteiger partial charge on any atom is -0.466 e. The smallest absolute Gasteiger partial charge is 0.309 e. The Balaban J connectivity index is 1.94. The predicted octanol–water partition coefficient (Wildman–Crippen LogP) is 2.00. The lowest BCUT2D eigenvalue weighted by atomic mass is 10.1. The first-order valence-corrected chi connectivity index (χ1v) is 7.58. The second-order valence-electron chi connectivity index (χ2n) is 5.59. The summed E-state index contributed by atoms with van der Waals surface area (Å²) in [5.74, 6) is -0.894. The molecule has 0 radical (unpaired) electrons. The largest absolute Gasteiger partial charge is 0.466 e. The maximum Gasteiger partial charge on any atom is 0.309 e. The van der Waals surface area contributed by atoms with Crippen molar-refractivity contribution in [3.63, 3.8) is 0 Å². The van der Waals surface area contributed by atoms with E-state index in [1.807, 2.05) is 20.8 Å². The van der Waals surface area contributed by atoms with Crippen LogP contribution in [0.3, 0.4) is 0 Å². The van der Waals surface area contributed by atoms with Crippen molar-refractivity contribution in [2.45, 2.75) is 39.7 Å². The maximum atomic E-state index is 12.2. The van der Waals surface area contributed by atoms with Crippen molar-refractivity contribution in [3.05, 3.63) is 16.1 Å². The number of aromatic nitrogens is 1. The highest BCUT2D eigenvalue weighted by Gasteiger charge is 2.50. The molecule has 1 N–H and O–H groups in total. The molecule has 1 saturated carbocycles. The van der Waals surface area contributed by atoms with E-state index in [0.29, 0.717) is 13.0 Å². The van der Waals surface area contributed by atoms with Crippen LogP contribution < -0.4 is 5.32 Å². The highest BCUT2D eigenvalue weighted by atomic mass is 32.1. The SMILES string of the molecule is CCOC(=O)[C@@H]1C[C@H]1C(=O)NC(C)(C)c1ncc(C)s1. The van der Waals surface area contributed by atoms with Gasteiger partial charge in [-0.25, -0.2) is 4.98 Å². The monoisotopic (exact) mass is 296 g/mol. The molecule has 1 fully saturated rings. The van der Waals surface area contributed by atoms with Crippen LogP contribution in [-0.4, -0.2) is 23.5 Å². The predicted molar refractivity (Wildman–Crippen MR) is 76.2 cm³/mol. The van der Waals surface area contributed by atoms with E-state index in [1.54, 1.807) is 24.5 Å². The molecule has 1 aliphatic rings. The van der Waals surface area contributed by atoms with Gasteiger partial charge in [0.15, 0.2) is 0 Å². The zero-order valence-corrected chi connectivity index (χ0v) is 13.0. The molecule has 1 aromatic rings. The second kappa shape index (κ2) is 5.52. The summed E-state index contributed by atoms with van der Waals surface area (Å²) in [5, 5.41) is 3.85. The Morgan fingerprint density at radius 3 is 2.75 bits per heavy atom. The lowest BCUT2D eigenvalue weighted by molar-refractivity contribution is -0.146. The topological polar surface area (TPSA) is 68.3 Å². The van der Waals surface area contributed by atoms with Crippen molar-refractivity contribution in [2.75, 3.05) is 6.61 Å². The summed E-state index contributed by atoms with van der Waals surface area (Å²) < 4.78 is 4.94. The van der Waals surface area contributed by atoms with E-state index in [2.05, 4.69) is 10.3 Å². The van der Waals surface area contributed by atoms with E-state index in [4.69, 9.17) is 4.74 Å². The van der Waals surface area contributed by atoms with Gasteiger partial charge in [0, 0.05) is 11.1 Å². The molecule has 2 rings (SSSR count). The molecule has 110 valence electrons. The molecule has 0 spiro atoms. The number of hydrogen-bond acceptors (Lipinski definition) is 5. The first-order valence-electron chi connectivity index (χ1n) is 6.76. The van der Waals surface area contributed by atoms with Crippen LogP contribution >= 0.6 is 11.3 Å². The first-order chi connectivity index (χ1) is 9.35. The number of nitrogens with zero attached hydrogens (tertiary/aromatic N) is 1. The second-order valence-corrected chi connectivity index (χ2v) is 6.83. The molecule has 2 atom stereocenters. The third-order valence-corrected chi connectivity index (χ3v) is 4.54. The van der Waals surface area contributed by atoms with Gasteiger partial charge in [-0.2, -0.15) is 0 Å². The van der Waals surface area contributed by atoms with Gasteiger partial charge >= 0.3 is 5.97 Å². The lowest BCUT2D eigenvalue weighted by Crippen LogP contribution is -2.42. The number of carbonyl (C=O) groups is 2. The standard InChI is InChI=1S/C14H20N2O3S/c1-5-19-12(18)10-6-9(10)11(17)16-14(3,4)13-15-7-8(2)20-13/h7,9-10H,5-6H2,1-4H3,(H,16,17)/t9-,10-/m1/s1. The van der Waals surface area contributed by atoms with Crippen LogP contribution in [0.2, 0.25) is 0 Å². The van der Waals surface area contributed by atoms with E-state index >= 15 is 0 Å². The van der Waals surface area contributed by atoms with Gasteiger partial charge < -0.3 is 10.1 Å². The van der Waals surface area contributed by atoms with E-state index in [1.165, 1.54) is 0 Å². The maximum absolute atomic E-state index is 12.2. The Morgan fingerprint density at radius 1 is 1.50 bits per heavy atom. The van der Waals surface area contributed by atoms with Crippen LogP contribution in [0.1, 0.15) is 37.1 Å². The Kier molecular flexibility index (Phi) is 4.13. The number of thiazole rings is 1. The number of nitrogens with one attached hydrogen (secondary N) is 1. The Bertz CT molecular complexity index is 524. The van der Waals surface area contributed by atoms with Gasteiger partial charge in [0.1, 0.15) is 5.01 Å². The molecule has 6 heteroatoms. The van der Waals surface area contributed by atoms with Crippen LogP contribution in [0.25, 0.3) is 0 Å². The molecular formula is C14H20N2O3S. The van der Waals surface area contributed by atoms with E-state index in [0.717, 1.165) is 9.88 Å². The molecule has 1 aromatic heterocycles. The van der Waals surface area contributed by atoms with Crippen LogP contribution in [-0.2, 0) is 19.9 Å². The van der Waals surface area contributed by atoms with Crippen molar-refractivity contribution in [3.8, 4) is 0 Å². The number of carbonyl (C=O) groups excluding carboxylic acids is 2. The third kappa shape index (κ3) is 3.17. The van der Waals surface area contributed by atoms with Crippen molar-refractivity contribution < 1.29 is 14.3 Å². The lowest BCUT2D eigenvalue weighted by Gasteiger charge is -2.23. The number of hydrogen-bond donors (Lipinski definition) is 1. The number of rotatable bonds is 5. The summed E-state index contributed by atoms with van der Waals surface area (Å²) in [5.41, 5.74) is -0.516. The molecule has 0 aromatic carbocycles. The van der Waals surface area contributed by atoms with Gasteiger partial charge in [0.05, 0.1) is 24.0 Å². The molecule has 5 nitrogen and oxygen atoms in total. The van der Waals surface area contributed by atoms with Crippen molar-refractivity contribution >= 4 is 23.2 Å². The summed E-state index contributed by atoms with van der Waals surface area (Å²) in [6, 6.07) is 0. The minimum absolute atomic E-state index is 0.0964. The van der Waals surface area contributed by atoms with Crippen molar-refractivity contribution in [1.29, 1.82) is 0 Å². The molecule has 0 unspecified atom stereocenters. The zero-order chi connectivity index (χ0) is 14.9. The fourth-order valence-corrected chi connectivity index (χ4v) is 2.91. The van der Waals surface area contributed by atoms with E-state index in [-0.39, 0.29) is 23.7 Å². The van der Waals surface area contributed by atoms with Crippen LogP contribution in [0, 0.1) is 18.8 Å². The van der Waals surface area contributed by atoms with Gasteiger partial charge in [-0.3, -0.25) is 9.59 Å². The number of esters is 1. The summed E-state index contributed by atoms with van der Waals surface area (Å²) in [6.07, 6.45) is 2.38. The Morgan fingerprint density at radius 2 is 2.20 bits per heavy atom. The first kappa shape index (κ1) is 15.0. The fraction of sp³-hybridized carbons (Fsp3) is 0.643. The molecule has 0 saturated heterocycles. The zero-order valence-electron chi connectivity index (χ0n) is 12.2. The molecule has 20 heavy (non-hydrogen) atoms. The molecule has 1 heterocycles. The average molecular weight is 296 g/mol. The summed E-state index contributed by atoms with van der Waals surface area (Å²) in [6.45, 7) is 7.95. The van der Waals surface area contributed by atoms with Crippen LogP contribution in [0.5, 0.6) is 0 Å². The summed E-state index contributed by atoms with van der Waals surface area (Å²) >= 11 is 1.57. The third-order valence-electron chi connectivity index (χ3n) is 3.31. The fourth-order valence-electron chi connectivity index (χ4n) is 2.09. The minimum atomic E-state index is -0.516. The van der Waals surface area contributed by atoms with Crippen molar-refractivity contribution in [1.82, 2.24) is 10.3 Å². The van der Waals surface area contributed by atoms with E-state index in [9.17, 15) is 9.59 Å². The summed E-state index contributed by atoms with van der Waals surface area (Å²) in [4.78, 5) is 29.2. The van der Waals surface area contributed by atoms with E-state index < -0.39 is 5.54 Å². The number of aryl methyl sites for hydroxylation is 1. The average Bonchev–Trinajstić information content (AvgIpc) is 3.04. The normalized spacial score (nSPS) is 21.4. The van der Waals surface area contributed by atoms with Crippen molar-refractivity contribution in [2.24, 2.45) is 11.8 Å². The summed E-state index contributed by atoms with van der Waals surface area (Å²) in [7, 11) is 0. The highest BCUT2D eigenvalue weighted by Crippen LogP contribution is 2.40. The molecule has 1 aliphatic carbocycles. The van der Waals surface area contributed by atoms with Gasteiger partial charge in [-0.15, -0.1) is 11.3 Å². The number of amides is 1. The molecule has 0 bridgehead atoms. The van der Waals surface area contributed by atoms with Crippen LogP contribution in [0.15, 0.2) is 6.20 Å². The van der Waals surface area contributed by atoms with Gasteiger partial charge in [-0.05, 0) is 34.1 Å². The van der Waals surface area contributed by atoms with Gasteiger partial charge in [-0.1, -0.05) is 0 Å².